The van der Waals surface area contributed by atoms with E-state index in [1.807, 2.05) is 25.1 Å². The number of hydrogen-bond acceptors (Lipinski definition) is 4. The van der Waals surface area contributed by atoms with E-state index in [2.05, 4.69) is 22.4 Å². The molecule has 0 spiro atoms. The number of hydrogen-bond donors (Lipinski definition) is 1. The molecule has 1 fully saturated rings. The van der Waals surface area contributed by atoms with Crippen molar-refractivity contribution in [3.05, 3.63) is 36.0 Å². The first kappa shape index (κ1) is 14.3. The molecule has 0 saturated heterocycles. The first-order valence-electron chi connectivity index (χ1n) is 7.51. The first-order valence-corrected chi connectivity index (χ1v) is 7.51. The Morgan fingerprint density at radius 3 is 2.90 bits per heavy atom. The van der Waals surface area contributed by atoms with E-state index in [9.17, 15) is 0 Å². The maximum atomic E-state index is 6.15. The fraction of sp³-hybridized carbons (Fsp3) is 0.471. The zero-order chi connectivity index (χ0) is 14.7. The lowest BCUT2D eigenvalue weighted by Gasteiger charge is -2.20. The summed E-state index contributed by atoms with van der Waals surface area (Å²) >= 11 is 0. The highest BCUT2D eigenvalue weighted by Gasteiger charge is 2.22. The largest absolute Gasteiger partial charge is 0.484 e. The van der Waals surface area contributed by atoms with Crippen LogP contribution in [0.4, 0.5) is 0 Å². The van der Waals surface area contributed by atoms with Gasteiger partial charge in [-0.05, 0) is 31.9 Å². The van der Waals surface area contributed by atoms with Crippen LogP contribution in [0, 0.1) is 6.92 Å². The minimum atomic E-state index is 0.00325. The molecular formula is C17H22N2O2. The molecule has 4 nitrogen and oxygen atoms in total. The van der Waals surface area contributed by atoms with Crippen LogP contribution in [0.5, 0.6) is 5.75 Å². The summed E-state index contributed by atoms with van der Waals surface area (Å²) in [5, 5.41) is 4.60. The van der Waals surface area contributed by atoms with Crippen LogP contribution in [-0.2, 0) is 4.74 Å². The Hall–Kier alpha value is -1.65. The number of rotatable bonds is 7. The van der Waals surface area contributed by atoms with Crippen molar-refractivity contribution >= 4 is 10.9 Å². The number of benzene rings is 1. The highest BCUT2D eigenvalue weighted by atomic mass is 16.5. The van der Waals surface area contributed by atoms with Crippen molar-refractivity contribution in [1.29, 1.82) is 0 Å². The average Bonchev–Trinajstić information content (AvgIpc) is 3.30. The SMILES string of the molecule is COCC(CNC1CC1)Oc1cccc2ccc(C)nc12. The molecular weight excluding hydrogens is 264 g/mol. The Morgan fingerprint density at radius 1 is 1.29 bits per heavy atom. The molecule has 112 valence electrons. The summed E-state index contributed by atoms with van der Waals surface area (Å²) in [6.07, 6.45) is 2.55. The minimum Gasteiger partial charge on any atom is -0.484 e. The fourth-order valence-corrected chi connectivity index (χ4v) is 2.40. The van der Waals surface area contributed by atoms with Crippen molar-refractivity contribution in [1.82, 2.24) is 10.3 Å². The van der Waals surface area contributed by atoms with Crippen molar-refractivity contribution in [2.45, 2.75) is 31.9 Å². The maximum Gasteiger partial charge on any atom is 0.146 e. The van der Waals surface area contributed by atoms with Crippen LogP contribution >= 0.6 is 0 Å². The highest BCUT2D eigenvalue weighted by Crippen LogP contribution is 2.25. The number of aromatic nitrogens is 1. The molecule has 3 rings (SSSR count). The monoisotopic (exact) mass is 286 g/mol. The molecule has 1 unspecified atom stereocenters. The summed E-state index contributed by atoms with van der Waals surface area (Å²) in [6.45, 7) is 3.38. The van der Waals surface area contributed by atoms with Crippen molar-refractivity contribution < 1.29 is 9.47 Å². The van der Waals surface area contributed by atoms with Gasteiger partial charge in [-0.15, -0.1) is 0 Å². The third-order valence-electron chi connectivity index (χ3n) is 3.68. The van der Waals surface area contributed by atoms with E-state index in [1.54, 1.807) is 7.11 Å². The van der Waals surface area contributed by atoms with Crippen molar-refractivity contribution in [2.75, 3.05) is 20.3 Å². The summed E-state index contributed by atoms with van der Waals surface area (Å²) in [6, 6.07) is 10.8. The van der Waals surface area contributed by atoms with Crippen LogP contribution in [-0.4, -0.2) is 37.4 Å². The normalized spacial score (nSPS) is 16.1. The molecule has 0 aliphatic heterocycles. The zero-order valence-electron chi connectivity index (χ0n) is 12.6. The van der Waals surface area contributed by atoms with Gasteiger partial charge in [0.15, 0.2) is 0 Å². The van der Waals surface area contributed by atoms with Crippen molar-refractivity contribution in [3.8, 4) is 5.75 Å². The number of aryl methyl sites for hydroxylation is 1. The predicted molar refractivity (Wildman–Crippen MR) is 83.8 cm³/mol. The third-order valence-corrected chi connectivity index (χ3v) is 3.68. The average molecular weight is 286 g/mol. The van der Waals surface area contributed by atoms with E-state index in [0.29, 0.717) is 12.6 Å². The van der Waals surface area contributed by atoms with Crippen LogP contribution in [0.2, 0.25) is 0 Å². The summed E-state index contributed by atoms with van der Waals surface area (Å²) in [7, 11) is 1.71. The molecule has 1 aliphatic carbocycles. The van der Waals surface area contributed by atoms with Crippen LogP contribution < -0.4 is 10.1 Å². The lowest BCUT2D eigenvalue weighted by molar-refractivity contribution is 0.0813. The summed E-state index contributed by atoms with van der Waals surface area (Å²) < 4.78 is 11.4. The quantitative estimate of drug-likeness (QED) is 0.850. The van der Waals surface area contributed by atoms with Gasteiger partial charge in [-0.1, -0.05) is 18.2 Å². The van der Waals surface area contributed by atoms with E-state index in [4.69, 9.17) is 9.47 Å². The fourth-order valence-electron chi connectivity index (χ4n) is 2.40. The van der Waals surface area contributed by atoms with Gasteiger partial charge in [0.1, 0.15) is 17.4 Å². The number of ether oxygens (including phenoxy) is 2. The molecule has 4 heteroatoms. The number of para-hydroxylation sites is 1. The van der Waals surface area contributed by atoms with Crippen molar-refractivity contribution in [2.24, 2.45) is 0 Å². The molecule has 1 aliphatic rings. The lowest BCUT2D eigenvalue weighted by Crippen LogP contribution is -2.36. The number of methoxy groups -OCH3 is 1. The molecule has 1 aromatic carbocycles. The summed E-state index contributed by atoms with van der Waals surface area (Å²) in [5.41, 5.74) is 1.92. The van der Waals surface area contributed by atoms with E-state index >= 15 is 0 Å². The minimum absolute atomic E-state index is 0.00325. The Kier molecular flexibility index (Phi) is 4.36. The number of nitrogens with one attached hydrogen (secondary N) is 1. The number of pyridine rings is 1. The van der Waals surface area contributed by atoms with Gasteiger partial charge in [0, 0.05) is 30.8 Å². The molecule has 0 amide bonds. The molecule has 1 N–H and O–H groups in total. The van der Waals surface area contributed by atoms with Gasteiger partial charge in [0.05, 0.1) is 6.61 Å². The van der Waals surface area contributed by atoms with Crippen LogP contribution in [0.15, 0.2) is 30.3 Å². The molecule has 2 aromatic rings. The van der Waals surface area contributed by atoms with E-state index < -0.39 is 0 Å². The van der Waals surface area contributed by atoms with Gasteiger partial charge in [0.25, 0.3) is 0 Å². The maximum absolute atomic E-state index is 6.15. The summed E-state index contributed by atoms with van der Waals surface area (Å²) in [5.74, 6) is 0.829. The molecule has 1 heterocycles. The number of fused-ring (bicyclic) bond motifs is 1. The predicted octanol–water partition coefficient (Wildman–Crippen LogP) is 2.69. The van der Waals surface area contributed by atoms with Gasteiger partial charge in [-0.3, -0.25) is 0 Å². The van der Waals surface area contributed by atoms with E-state index in [0.717, 1.165) is 28.9 Å². The first-order chi connectivity index (χ1) is 10.3. The topological polar surface area (TPSA) is 43.4 Å². The zero-order valence-corrected chi connectivity index (χ0v) is 12.6. The van der Waals surface area contributed by atoms with Gasteiger partial charge < -0.3 is 14.8 Å². The Labute approximate surface area is 125 Å². The molecule has 1 aromatic heterocycles. The van der Waals surface area contributed by atoms with E-state index in [1.165, 1.54) is 12.8 Å². The van der Waals surface area contributed by atoms with E-state index in [-0.39, 0.29) is 6.10 Å². The number of nitrogens with zero attached hydrogens (tertiary/aromatic N) is 1. The van der Waals surface area contributed by atoms with Crippen LogP contribution in [0.3, 0.4) is 0 Å². The van der Waals surface area contributed by atoms with Gasteiger partial charge in [0.2, 0.25) is 0 Å². The molecule has 1 atom stereocenters. The Morgan fingerprint density at radius 2 is 2.14 bits per heavy atom. The smallest absolute Gasteiger partial charge is 0.146 e. The van der Waals surface area contributed by atoms with Gasteiger partial charge in [-0.2, -0.15) is 0 Å². The highest BCUT2D eigenvalue weighted by molar-refractivity contribution is 5.84. The molecule has 0 radical (unpaired) electrons. The standard InChI is InChI=1S/C17H22N2O2/c1-12-6-7-13-4-3-5-16(17(13)19-12)21-15(11-20-2)10-18-14-8-9-14/h3-7,14-15,18H,8-11H2,1-2H3. The second kappa shape index (κ2) is 6.41. The Balaban J connectivity index is 1.78. The molecule has 21 heavy (non-hydrogen) atoms. The van der Waals surface area contributed by atoms with Crippen molar-refractivity contribution in [3.63, 3.8) is 0 Å². The second-order valence-corrected chi connectivity index (χ2v) is 5.66. The van der Waals surface area contributed by atoms with Gasteiger partial charge in [-0.25, -0.2) is 4.98 Å². The van der Waals surface area contributed by atoms with Gasteiger partial charge >= 0.3 is 0 Å². The van der Waals surface area contributed by atoms with Crippen LogP contribution in [0.25, 0.3) is 10.9 Å². The third kappa shape index (κ3) is 3.71. The van der Waals surface area contributed by atoms with Crippen LogP contribution in [0.1, 0.15) is 18.5 Å². The second-order valence-electron chi connectivity index (χ2n) is 5.66. The lowest BCUT2D eigenvalue weighted by atomic mass is 10.2. The summed E-state index contributed by atoms with van der Waals surface area (Å²) in [4.78, 5) is 4.61. The molecule has 1 saturated carbocycles. The Bertz CT molecular complexity index is 611. The molecule has 0 bridgehead atoms.